The summed E-state index contributed by atoms with van der Waals surface area (Å²) in [6.45, 7) is 3.29. The summed E-state index contributed by atoms with van der Waals surface area (Å²) in [5, 5.41) is 0.737. The van der Waals surface area contributed by atoms with Gasteiger partial charge in [0, 0.05) is 25.2 Å². The topological polar surface area (TPSA) is 32.5 Å². The van der Waals surface area contributed by atoms with E-state index in [1.54, 1.807) is 0 Å². The van der Waals surface area contributed by atoms with E-state index in [2.05, 4.69) is 23.9 Å². The molecule has 2 N–H and O–H groups in total. The van der Waals surface area contributed by atoms with Gasteiger partial charge in [0.2, 0.25) is 0 Å². The van der Waals surface area contributed by atoms with Crippen molar-refractivity contribution in [1.82, 2.24) is 4.90 Å². The molecule has 1 saturated heterocycles. The van der Waals surface area contributed by atoms with E-state index >= 15 is 0 Å². The molecule has 1 aliphatic heterocycles. The molecule has 110 valence electrons. The third-order valence-electron chi connectivity index (χ3n) is 3.81. The van der Waals surface area contributed by atoms with E-state index in [4.69, 9.17) is 29.6 Å². The number of nitrogens with two attached hydrogens (primary N) is 1. The normalized spacial score (nSPS) is 16.7. The van der Waals surface area contributed by atoms with Crippen molar-refractivity contribution in [3.8, 4) is 0 Å². The Balaban J connectivity index is 2.02. The molecule has 0 aliphatic carbocycles. The highest BCUT2D eigenvalue weighted by Gasteiger charge is 2.21. The molecular weight excluding hydrogens is 290 g/mol. The number of thiocarbonyl (C=S) groups is 1. The summed E-state index contributed by atoms with van der Waals surface area (Å²) in [5.41, 5.74) is 7.55. The number of halogens is 1. The lowest BCUT2D eigenvalue weighted by Gasteiger charge is -2.35. The van der Waals surface area contributed by atoms with Crippen LogP contribution in [0, 0.1) is 5.92 Å². The zero-order chi connectivity index (χ0) is 14.7. The maximum Gasteiger partial charge on any atom is 0.104 e. The Bertz CT molecular complexity index is 482. The van der Waals surface area contributed by atoms with Gasteiger partial charge in [-0.2, -0.15) is 0 Å². The highest BCUT2D eigenvalue weighted by atomic mass is 35.5. The number of nitrogens with zero attached hydrogens (tertiary/aromatic N) is 2. The van der Waals surface area contributed by atoms with E-state index in [1.807, 2.05) is 18.2 Å². The minimum absolute atomic E-state index is 0.392. The van der Waals surface area contributed by atoms with Crippen LogP contribution in [0.25, 0.3) is 0 Å². The van der Waals surface area contributed by atoms with Crippen molar-refractivity contribution in [1.29, 1.82) is 0 Å². The van der Waals surface area contributed by atoms with E-state index in [9.17, 15) is 0 Å². The summed E-state index contributed by atoms with van der Waals surface area (Å²) in [7, 11) is 4.27. The van der Waals surface area contributed by atoms with Gasteiger partial charge in [-0.3, -0.25) is 0 Å². The first-order valence-corrected chi connectivity index (χ1v) is 7.75. The predicted molar refractivity (Wildman–Crippen MR) is 90.8 cm³/mol. The summed E-state index contributed by atoms with van der Waals surface area (Å²) >= 11 is 11.3. The Morgan fingerprint density at radius 1 is 1.40 bits per heavy atom. The smallest absolute Gasteiger partial charge is 0.104 e. The third-order valence-corrected chi connectivity index (χ3v) is 4.35. The van der Waals surface area contributed by atoms with Gasteiger partial charge < -0.3 is 15.5 Å². The van der Waals surface area contributed by atoms with Gasteiger partial charge in [0.25, 0.3) is 0 Å². The molecule has 5 heteroatoms. The molecule has 20 heavy (non-hydrogen) atoms. The Kier molecular flexibility index (Phi) is 5.24. The zero-order valence-corrected chi connectivity index (χ0v) is 13.7. The number of benzene rings is 1. The molecule has 0 radical (unpaired) electrons. The van der Waals surface area contributed by atoms with Gasteiger partial charge in [0.15, 0.2) is 0 Å². The van der Waals surface area contributed by atoms with Gasteiger partial charge in [-0.15, -0.1) is 0 Å². The average Bonchev–Trinajstić information content (AvgIpc) is 2.39. The second-order valence-electron chi connectivity index (χ2n) is 5.72. The van der Waals surface area contributed by atoms with Crippen LogP contribution < -0.4 is 10.6 Å². The fourth-order valence-corrected chi connectivity index (χ4v) is 3.22. The van der Waals surface area contributed by atoms with Gasteiger partial charge >= 0.3 is 0 Å². The minimum Gasteiger partial charge on any atom is -0.389 e. The molecule has 3 nitrogen and oxygen atoms in total. The molecule has 0 amide bonds. The third kappa shape index (κ3) is 3.84. The second-order valence-corrected chi connectivity index (χ2v) is 6.57. The van der Waals surface area contributed by atoms with Crippen molar-refractivity contribution in [2.45, 2.75) is 12.8 Å². The van der Waals surface area contributed by atoms with Crippen LogP contribution in [-0.4, -0.2) is 43.6 Å². The zero-order valence-electron chi connectivity index (χ0n) is 12.1. The van der Waals surface area contributed by atoms with Gasteiger partial charge in [-0.25, -0.2) is 0 Å². The Labute approximate surface area is 131 Å². The number of piperidine rings is 1. The van der Waals surface area contributed by atoms with Crippen LogP contribution in [0.4, 0.5) is 5.69 Å². The van der Waals surface area contributed by atoms with Crippen LogP contribution in [-0.2, 0) is 0 Å². The molecule has 1 heterocycles. The average molecular weight is 312 g/mol. The summed E-state index contributed by atoms with van der Waals surface area (Å²) in [6.07, 6.45) is 2.43. The highest BCUT2D eigenvalue weighted by molar-refractivity contribution is 7.80. The summed E-state index contributed by atoms with van der Waals surface area (Å²) in [4.78, 5) is 5.02. The van der Waals surface area contributed by atoms with Gasteiger partial charge in [0.05, 0.1) is 10.7 Å². The molecule has 1 fully saturated rings. The molecule has 1 aliphatic rings. The van der Waals surface area contributed by atoms with Crippen molar-refractivity contribution in [3.63, 3.8) is 0 Å². The number of hydrogen-bond acceptors (Lipinski definition) is 3. The SMILES string of the molecule is CN(C)CC1CCN(c2ccc(C(N)=S)cc2Cl)CC1. The first-order valence-electron chi connectivity index (χ1n) is 6.96. The Hall–Kier alpha value is -0.840. The molecule has 0 aromatic heterocycles. The van der Waals surface area contributed by atoms with Crippen LogP contribution in [0.1, 0.15) is 18.4 Å². The molecule has 2 rings (SSSR count). The monoisotopic (exact) mass is 311 g/mol. The predicted octanol–water partition coefficient (Wildman–Crippen LogP) is 2.75. The lowest BCUT2D eigenvalue weighted by molar-refractivity contribution is 0.285. The van der Waals surface area contributed by atoms with Crippen molar-refractivity contribution in [2.75, 3.05) is 38.6 Å². The van der Waals surface area contributed by atoms with Gasteiger partial charge in [-0.05, 0) is 51.1 Å². The van der Waals surface area contributed by atoms with Crippen LogP contribution in [0.15, 0.2) is 18.2 Å². The Morgan fingerprint density at radius 2 is 2.05 bits per heavy atom. The van der Waals surface area contributed by atoms with Gasteiger partial charge in [-0.1, -0.05) is 23.8 Å². The van der Waals surface area contributed by atoms with E-state index in [0.717, 1.165) is 35.3 Å². The fraction of sp³-hybridized carbons (Fsp3) is 0.533. The maximum atomic E-state index is 6.36. The molecule has 0 spiro atoms. The first kappa shape index (κ1) is 15.5. The van der Waals surface area contributed by atoms with Crippen LogP contribution in [0.3, 0.4) is 0 Å². The minimum atomic E-state index is 0.392. The summed E-state index contributed by atoms with van der Waals surface area (Å²) in [6, 6.07) is 5.85. The summed E-state index contributed by atoms with van der Waals surface area (Å²) in [5.74, 6) is 0.788. The van der Waals surface area contributed by atoms with Crippen LogP contribution in [0.2, 0.25) is 5.02 Å². The Morgan fingerprint density at radius 3 is 2.55 bits per heavy atom. The largest absolute Gasteiger partial charge is 0.389 e. The van der Waals surface area contributed by atoms with Crippen molar-refractivity contribution < 1.29 is 0 Å². The molecule has 0 bridgehead atoms. The molecule has 0 atom stereocenters. The van der Waals surface area contributed by atoms with E-state index in [1.165, 1.54) is 19.4 Å². The number of anilines is 1. The fourth-order valence-electron chi connectivity index (χ4n) is 2.79. The standard InChI is InChI=1S/C15H22ClN3S/c1-18(2)10-11-5-7-19(8-6-11)14-4-3-12(15(17)20)9-13(14)16/h3-4,9,11H,5-8,10H2,1-2H3,(H2,17,20). The first-order chi connectivity index (χ1) is 9.47. The molecular formula is C15H22ClN3S. The van der Waals surface area contributed by atoms with E-state index in [0.29, 0.717) is 4.99 Å². The molecule has 0 unspecified atom stereocenters. The van der Waals surface area contributed by atoms with Crippen molar-refractivity contribution >= 4 is 34.5 Å². The quantitative estimate of drug-likeness (QED) is 0.867. The van der Waals surface area contributed by atoms with Crippen molar-refractivity contribution in [3.05, 3.63) is 28.8 Å². The van der Waals surface area contributed by atoms with Crippen LogP contribution in [0.5, 0.6) is 0 Å². The maximum absolute atomic E-state index is 6.36. The summed E-state index contributed by atoms with van der Waals surface area (Å²) < 4.78 is 0. The highest BCUT2D eigenvalue weighted by Crippen LogP contribution is 2.30. The van der Waals surface area contributed by atoms with Crippen molar-refractivity contribution in [2.24, 2.45) is 11.7 Å². The molecule has 0 saturated carbocycles. The second kappa shape index (κ2) is 6.74. The lowest BCUT2D eigenvalue weighted by Crippen LogP contribution is -2.37. The molecule has 1 aromatic rings. The van der Waals surface area contributed by atoms with E-state index in [-0.39, 0.29) is 0 Å². The van der Waals surface area contributed by atoms with Crippen LogP contribution >= 0.6 is 23.8 Å². The van der Waals surface area contributed by atoms with Gasteiger partial charge in [0.1, 0.15) is 4.99 Å². The lowest BCUT2D eigenvalue weighted by atomic mass is 9.96. The molecule has 1 aromatic carbocycles. The number of hydrogen-bond donors (Lipinski definition) is 1. The van der Waals surface area contributed by atoms with E-state index < -0.39 is 0 Å². The number of rotatable bonds is 4.